The molecule has 1 unspecified atom stereocenters. The zero-order chi connectivity index (χ0) is 55.0. The molecule has 0 aliphatic carbocycles. The van der Waals surface area contributed by atoms with E-state index in [-0.39, 0.29) is 31.1 Å². The van der Waals surface area contributed by atoms with Gasteiger partial charge < -0.3 is 14.2 Å². The van der Waals surface area contributed by atoms with Gasteiger partial charge in [-0.3, -0.25) is 14.4 Å². The molecule has 0 aliphatic rings. The van der Waals surface area contributed by atoms with E-state index in [4.69, 9.17) is 14.2 Å². The molecule has 0 saturated heterocycles. The summed E-state index contributed by atoms with van der Waals surface area (Å²) in [7, 11) is 0. The van der Waals surface area contributed by atoms with E-state index < -0.39 is 6.10 Å². The molecule has 0 fully saturated rings. The van der Waals surface area contributed by atoms with Crippen molar-refractivity contribution in [2.75, 3.05) is 13.2 Å². The molecule has 76 heavy (non-hydrogen) atoms. The fraction of sp³-hybridized carbons (Fsp3) is 0.614. The Morgan fingerprint density at radius 1 is 0.276 bits per heavy atom. The molecule has 6 heteroatoms. The Balaban J connectivity index is 4.53. The van der Waals surface area contributed by atoms with Gasteiger partial charge in [0.1, 0.15) is 13.2 Å². The largest absolute Gasteiger partial charge is 0.462 e. The van der Waals surface area contributed by atoms with Crippen molar-refractivity contribution in [1.82, 2.24) is 0 Å². The van der Waals surface area contributed by atoms with Gasteiger partial charge in [0.15, 0.2) is 6.10 Å². The van der Waals surface area contributed by atoms with Crippen molar-refractivity contribution in [3.05, 3.63) is 146 Å². The Bertz CT molecular complexity index is 1680. The van der Waals surface area contributed by atoms with Crippen LogP contribution in [0.15, 0.2) is 146 Å². The first-order valence-corrected chi connectivity index (χ1v) is 30.8. The lowest BCUT2D eigenvalue weighted by Crippen LogP contribution is -2.30. The minimum absolute atomic E-state index is 0.108. The Hall–Kier alpha value is -4.71. The maximum atomic E-state index is 12.9. The lowest BCUT2D eigenvalue weighted by atomic mass is 10.1. The van der Waals surface area contributed by atoms with Gasteiger partial charge in [-0.2, -0.15) is 0 Å². The predicted molar refractivity (Wildman–Crippen MR) is 329 cm³/mol. The quantitative estimate of drug-likeness (QED) is 0.0261. The maximum absolute atomic E-state index is 12.9. The summed E-state index contributed by atoms with van der Waals surface area (Å²) < 4.78 is 16.9. The molecule has 0 aromatic rings. The summed E-state index contributed by atoms with van der Waals surface area (Å²) >= 11 is 0. The molecule has 0 amide bonds. The molecular weight excluding hydrogens is 937 g/mol. The number of allylic oxidation sites excluding steroid dienone is 24. The molecule has 0 aromatic heterocycles. The third-order valence-electron chi connectivity index (χ3n) is 12.6. The van der Waals surface area contributed by atoms with Gasteiger partial charge in [-0.1, -0.05) is 244 Å². The lowest BCUT2D eigenvalue weighted by molar-refractivity contribution is -0.167. The van der Waals surface area contributed by atoms with Crippen LogP contribution in [0.25, 0.3) is 0 Å². The zero-order valence-electron chi connectivity index (χ0n) is 49.0. The Morgan fingerprint density at radius 3 is 0.829 bits per heavy atom. The number of hydrogen-bond donors (Lipinski definition) is 0. The highest BCUT2D eigenvalue weighted by Gasteiger charge is 2.19. The van der Waals surface area contributed by atoms with Crippen molar-refractivity contribution in [2.45, 2.75) is 264 Å². The third kappa shape index (κ3) is 60.2. The van der Waals surface area contributed by atoms with E-state index in [0.717, 1.165) is 148 Å². The van der Waals surface area contributed by atoms with Crippen LogP contribution in [0.4, 0.5) is 0 Å². The van der Waals surface area contributed by atoms with Crippen LogP contribution >= 0.6 is 0 Å². The number of rotatable bonds is 54. The van der Waals surface area contributed by atoms with Gasteiger partial charge in [0.2, 0.25) is 0 Å². The van der Waals surface area contributed by atoms with E-state index in [0.29, 0.717) is 25.7 Å². The van der Waals surface area contributed by atoms with Crippen LogP contribution in [0, 0.1) is 0 Å². The van der Waals surface area contributed by atoms with Gasteiger partial charge >= 0.3 is 17.9 Å². The molecule has 0 aromatic carbocycles. The lowest BCUT2D eigenvalue weighted by Gasteiger charge is -2.18. The van der Waals surface area contributed by atoms with Crippen molar-refractivity contribution in [3.8, 4) is 0 Å². The first kappa shape index (κ1) is 71.3. The Kier molecular flexibility index (Phi) is 58.9. The normalized spacial score (nSPS) is 13.1. The van der Waals surface area contributed by atoms with Crippen molar-refractivity contribution in [2.24, 2.45) is 0 Å². The smallest absolute Gasteiger partial charge is 0.306 e. The minimum atomic E-state index is -0.815. The van der Waals surface area contributed by atoms with E-state index in [1.165, 1.54) is 64.2 Å². The summed E-state index contributed by atoms with van der Waals surface area (Å²) in [6, 6.07) is 0. The molecule has 0 radical (unpaired) electrons. The molecule has 0 heterocycles. The van der Waals surface area contributed by atoms with Gasteiger partial charge in [0, 0.05) is 19.3 Å². The molecular formula is C70H112O6. The second kappa shape index (κ2) is 62.8. The average Bonchev–Trinajstić information content (AvgIpc) is 3.42. The van der Waals surface area contributed by atoms with Gasteiger partial charge in [0.05, 0.1) is 0 Å². The Labute approximate surface area is 467 Å². The second-order valence-corrected chi connectivity index (χ2v) is 19.8. The Morgan fingerprint density at radius 2 is 0.513 bits per heavy atom. The minimum Gasteiger partial charge on any atom is -0.462 e. The van der Waals surface area contributed by atoms with E-state index in [1.807, 2.05) is 0 Å². The third-order valence-corrected chi connectivity index (χ3v) is 12.6. The van der Waals surface area contributed by atoms with E-state index in [9.17, 15) is 14.4 Å². The van der Waals surface area contributed by atoms with Gasteiger partial charge in [-0.15, -0.1) is 0 Å². The topological polar surface area (TPSA) is 78.9 Å². The standard InChI is InChI=1S/C70H112O6/c1-4-7-10-13-16-19-22-25-28-31-33-35-37-39-42-45-48-51-54-57-60-63-69(72)75-66-67(65-74-68(71)62-59-56-53-50-47-44-41-30-27-24-21-18-15-12-9-6-3)76-70(73)64-61-58-55-52-49-46-43-40-38-36-34-32-29-26-23-20-17-14-11-8-5-2/h7-8,10-11,16-17,19-21,24-26,28-30,33-36,39,41-42,48,51,67H,4-6,9,12-15,18,22-23,27,31-32,37-38,40,43-47,49-50,52-66H2,1-3H3/b10-7-,11-8-,19-16-,20-17-,24-21-,28-25-,29-26-,35-33-,36-34-,41-30-,42-39-,51-48-. The van der Waals surface area contributed by atoms with Crippen LogP contribution in [0.5, 0.6) is 0 Å². The number of carbonyl (C=O) groups is 3. The maximum Gasteiger partial charge on any atom is 0.306 e. The van der Waals surface area contributed by atoms with Crippen molar-refractivity contribution >= 4 is 17.9 Å². The van der Waals surface area contributed by atoms with Crippen molar-refractivity contribution in [3.63, 3.8) is 0 Å². The van der Waals surface area contributed by atoms with E-state index in [1.54, 1.807) is 0 Å². The molecule has 0 N–H and O–H groups in total. The van der Waals surface area contributed by atoms with Gasteiger partial charge in [-0.05, 0) is 141 Å². The zero-order valence-corrected chi connectivity index (χ0v) is 49.0. The summed E-state index contributed by atoms with van der Waals surface area (Å²) in [5.74, 6) is -0.975. The first-order valence-electron chi connectivity index (χ1n) is 30.8. The number of carbonyl (C=O) groups excluding carboxylic acids is 3. The van der Waals surface area contributed by atoms with E-state index >= 15 is 0 Å². The molecule has 0 spiro atoms. The summed E-state index contributed by atoms with van der Waals surface area (Å²) in [4.78, 5) is 38.3. The van der Waals surface area contributed by atoms with E-state index in [2.05, 4.69) is 167 Å². The van der Waals surface area contributed by atoms with Crippen molar-refractivity contribution < 1.29 is 28.6 Å². The van der Waals surface area contributed by atoms with Crippen molar-refractivity contribution in [1.29, 1.82) is 0 Å². The molecule has 428 valence electrons. The van der Waals surface area contributed by atoms with Crippen LogP contribution < -0.4 is 0 Å². The van der Waals surface area contributed by atoms with Gasteiger partial charge in [-0.25, -0.2) is 0 Å². The van der Waals surface area contributed by atoms with Crippen LogP contribution in [0.3, 0.4) is 0 Å². The summed E-state index contributed by atoms with van der Waals surface area (Å²) in [5, 5.41) is 0. The van der Waals surface area contributed by atoms with Crippen LogP contribution in [-0.4, -0.2) is 37.2 Å². The number of ether oxygens (including phenoxy) is 3. The number of unbranched alkanes of at least 4 members (excludes halogenated alkanes) is 19. The fourth-order valence-corrected chi connectivity index (χ4v) is 8.00. The highest BCUT2D eigenvalue weighted by atomic mass is 16.6. The number of hydrogen-bond acceptors (Lipinski definition) is 6. The molecule has 1 atom stereocenters. The molecule has 0 saturated carbocycles. The average molecular weight is 1050 g/mol. The second-order valence-electron chi connectivity index (χ2n) is 19.8. The van der Waals surface area contributed by atoms with Crippen LogP contribution in [-0.2, 0) is 28.6 Å². The highest BCUT2D eigenvalue weighted by Crippen LogP contribution is 2.14. The first-order chi connectivity index (χ1) is 37.5. The fourth-order valence-electron chi connectivity index (χ4n) is 8.00. The molecule has 6 nitrogen and oxygen atoms in total. The SMILES string of the molecule is CC/C=C\C/C=C\C/C=C\C/C=C\C/C=C\C/C=C\CCCCC(=O)OCC(COC(=O)CCCCCCC/C=C\C/C=C\CCCCCC)OC(=O)CCCCCCCCCC/C=C\C/C=C\C/C=C\C/C=C\CC. The van der Waals surface area contributed by atoms with Gasteiger partial charge in [0.25, 0.3) is 0 Å². The molecule has 0 bridgehead atoms. The summed E-state index contributed by atoms with van der Waals surface area (Å²) in [6.07, 6.45) is 89.8. The highest BCUT2D eigenvalue weighted by molar-refractivity contribution is 5.71. The predicted octanol–water partition coefficient (Wildman–Crippen LogP) is 21.2. The molecule has 0 rings (SSSR count). The van der Waals surface area contributed by atoms with Crippen LogP contribution in [0.2, 0.25) is 0 Å². The number of esters is 3. The molecule has 0 aliphatic heterocycles. The summed E-state index contributed by atoms with van der Waals surface area (Å²) in [5.41, 5.74) is 0. The monoisotopic (exact) mass is 1050 g/mol. The summed E-state index contributed by atoms with van der Waals surface area (Å²) in [6.45, 7) is 6.34. The van der Waals surface area contributed by atoms with Crippen LogP contribution in [0.1, 0.15) is 258 Å².